The number of amides is 1. The predicted molar refractivity (Wildman–Crippen MR) is 116 cm³/mol. The van der Waals surface area contributed by atoms with Gasteiger partial charge in [0.1, 0.15) is 0 Å². The maximum atomic E-state index is 12.8. The molecule has 3 rings (SSSR count). The number of halogens is 3. The lowest BCUT2D eigenvalue weighted by molar-refractivity contribution is -0.137. The first-order chi connectivity index (χ1) is 14.6. The summed E-state index contributed by atoms with van der Waals surface area (Å²) in [5.74, 6) is -0.471. The van der Waals surface area contributed by atoms with Crippen LogP contribution in [0.3, 0.4) is 0 Å². The van der Waals surface area contributed by atoms with Crippen molar-refractivity contribution in [1.29, 1.82) is 0 Å². The molecular weight excluding hydrogens is 405 g/mol. The highest BCUT2D eigenvalue weighted by Gasteiger charge is 2.30. The summed E-state index contributed by atoms with van der Waals surface area (Å²) < 4.78 is 40.4. The van der Waals surface area contributed by atoms with E-state index in [0.29, 0.717) is 0 Å². The van der Waals surface area contributed by atoms with E-state index in [0.717, 1.165) is 40.3 Å². The third-order valence-electron chi connectivity index (χ3n) is 4.77. The second kappa shape index (κ2) is 9.07. The lowest BCUT2D eigenvalue weighted by Crippen LogP contribution is -2.26. The Morgan fingerprint density at radius 3 is 2.52 bits per heavy atom. The molecule has 0 bridgehead atoms. The number of aromatic nitrogens is 1. The van der Waals surface area contributed by atoms with E-state index >= 15 is 0 Å². The van der Waals surface area contributed by atoms with Gasteiger partial charge < -0.3 is 9.88 Å². The molecule has 1 heterocycles. The zero-order valence-electron chi connectivity index (χ0n) is 17.4. The Bertz CT molecular complexity index is 1120. The molecule has 0 atom stereocenters. The molecular formula is C23H23F3N4O. The summed E-state index contributed by atoms with van der Waals surface area (Å²) in [6, 6.07) is 14.8. The zero-order chi connectivity index (χ0) is 22.6. The maximum absolute atomic E-state index is 12.8. The molecule has 3 aromatic rings. The first-order valence-electron chi connectivity index (χ1n) is 9.64. The molecule has 0 fully saturated rings. The van der Waals surface area contributed by atoms with Gasteiger partial charge in [-0.05, 0) is 62.7 Å². The van der Waals surface area contributed by atoms with E-state index < -0.39 is 17.6 Å². The van der Waals surface area contributed by atoms with E-state index in [9.17, 15) is 18.0 Å². The third kappa shape index (κ3) is 5.53. The molecule has 5 nitrogen and oxygen atoms in total. The van der Waals surface area contributed by atoms with Crippen LogP contribution in [0.25, 0.3) is 5.69 Å². The van der Waals surface area contributed by atoms with Crippen molar-refractivity contribution in [3.8, 4) is 5.69 Å². The number of carbonyl (C=O) groups is 1. The Balaban J connectivity index is 1.61. The number of aryl methyl sites for hydroxylation is 2. The summed E-state index contributed by atoms with van der Waals surface area (Å²) in [6.07, 6.45) is -2.88. The van der Waals surface area contributed by atoms with Crippen molar-refractivity contribution in [2.24, 2.45) is 5.10 Å². The van der Waals surface area contributed by atoms with Crippen LogP contribution in [-0.4, -0.2) is 23.2 Å². The Hall–Kier alpha value is -3.55. The molecule has 2 aromatic carbocycles. The van der Waals surface area contributed by atoms with Crippen LogP contribution < -0.4 is 10.7 Å². The van der Waals surface area contributed by atoms with E-state index in [1.54, 1.807) is 6.21 Å². The van der Waals surface area contributed by atoms with Gasteiger partial charge in [0.05, 0.1) is 18.3 Å². The number of hydrazone groups is 1. The maximum Gasteiger partial charge on any atom is 0.416 e. The number of nitrogens with one attached hydrogen (secondary N) is 2. The van der Waals surface area contributed by atoms with Crippen LogP contribution in [0.15, 0.2) is 59.7 Å². The summed E-state index contributed by atoms with van der Waals surface area (Å²) in [7, 11) is 0. The van der Waals surface area contributed by atoms with Gasteiger partial charge >= 0.3 is 6.18 Å². The Morgan fingerprint density at radius 1 is 1.06 bits per heavy atom. The standard InChI is InChI=1S/C23H23F3N4O/c1-15-6-4-9-21(10-15)30-16(2)11-18(17(30)3)13-28-29-22(31)14-27-20-8-5-7-19(12-20)23(24,25)26/h4-13,27H,14H2,1-3H3,(H,29,31)/b28-13-. The molecule has 31 heavy (non-hydrogen) atoms. The second-order valence-corrected chi connectivity index (χ2v) is 7.23. The van der Waals surface area contributed by atoms with Crippen molar-refractivity contribution in [1.82, 2.24) is 9.99 Å². The largest absolute Gasteiger partial charge is 0.416 e. The minimum absolute atomic E-state index is 0.204. The lowest BCUT2D eigenvalue weighted by Gasteiger charge is -2.10. The Kier molecular flexibility index (Phi) is 6.48. The molecule has 0 radical (unpaired) electrons. The summed E-state index contributed by atoms with van der Waals surface area (Å²) in [6.45, 7) is 5.78. The summed E-state index contributed by atoms with van der Waals surface area (Å²) in [5.41, 5.74) is 6.87. The quantitative estimate of drug-likeness (QED) is 0.430. The molecule has 2 N–H and O–H groups in total. The van der Waals surface area contributed by atoms with Crippen molar-refractivity contribution < 1.29 is 18.0 Å². The van der Waals surface area contributed by atoms with Gasteiger partial charge in [0.25, 0.3) is 5.91 Å². The van der Waals surface area contributed by atoms with Gasteiger partial charge in [-0.15, -0.1) is 0 Å². The number of anilines is 1. The van der Waals surface area contributed by atoms with Crippen molar-refractivity contribution in [2.45, 2.75) is 26.9 Å². The van der Waals surface area contributed by atoms with E-state index in [1.807, 2.05) is 45.0 Å². The third-order valence-corrected chi connectivity index (χ3v) is 4.77. The van der Waals surface area contributed by atoms with Gasteiger partial charge in [0, 0.05) is 28.3 Å². The topological polar surface area (TPSA) is 58.4 Å². The van der Waals surface area contributed by atoms with Crippen molar-refractivity contribution in [3.63, 3.8) is 0 Å². The van der Waals surface area contributed by atoms with Gasteiger partial charge in [-0.2, -0.15) is 18.3 Å². The number of hydrogen-bond acceptors (Lipinski definition) is 3. The molecule has 0 aliphatic rings. The van der Waals surface area contributed by atoms with Gasteiger partial charge in [-0.25, -0.2) is 5.43 Å². The van der Waals surface area contributed by atoms with Crippen LogP contribution in [0, 0.1) is 20.8 Å². The zero-order valence-corrected chi connectivity index (χ0v) is 17.4. The SMILES string of the molecule is Cc1cccc(-n2c(C)cc(/C=N\NC(=O)CNc3cccc(C(F)(F)F)c3)c2C)c1. The average molecular weight is 428 g/mol. The Labute approximate surface area is 178 Å². The molecule has 8 heteroatoms. The molecule has 0 saturated heterocycles. The number of nitrogens with zero attached hydrogens (tertiary/aromatic N) is 2. The number of alkyl halides is 3. The minimum Gasteiger partial charge on any atom is -0.376 e. The smallest absolute Gasteiger partial charge is 0.376 e. The number of rotatable bonds is 6. The monoisotopic (exact) mass is 428 g/mol. The summed E-state index contributed by atoms with van der Waals surface area (Å²) in [4.78, 5) is 12.0. The van der Waals surface area contributed by atoms with Gasteiger partial charge in [0.15, 0.2) is 0 Å². The van der Waals surface area contributed by atoms with E-state index in [-0.39, 0.29) is 12.2 Å². The molecule has 162 valence electrons. The molecule has 0 aliphatic heterocycles. The highest BCUT2D eigenvalue weighted by molar-refractivity contribution is 5.85. The van der Waals surface area contributed by atoms with Crippen LogP contribution in [0.4, 0.5) is 18.9 Å². The highest BCUT2D eigenvalue weighted by Crippen LogP contribution is 2.30. The van der Waals surface area contributed by atoms with Crippen molar-refractivity contribution in [3.05, 3.63) is 82.7 Å². The number of hydrogen-bond donors (Lipinski definition) is 2. The number of benzene rings is 2. The van der Waals surface area contributed by atoms with Crippen LogP contribution >= 0.6 is 0 Å². The molecule has 0 unspecified atom stereocenters. The van der Waals surface area contributed by atoms with Crippen molar-refractivity contribution in [2.75, 3.05) is 11.9 Å². The van der Waals surface area contributed by atoms with Crippen LogP contribution in [-0.2, 0) is 11.0 Å². The highest BCUT2D eigenvalue weighted by atomic mass is 19.4. The molecule has 0 saturated carbocycles. The number of carbonyl (C=O) groups excluding carboxylic acids is 1. The lowest BCUT2D eigenvalue weighted by atomic mass is 10.2. The predicted octanol–water partition coefficient (Wildman–Crippen LogP) is 4.98. The molecule has 1 amide bonds. The average Bonchev–Trinajstić information content (AvgIpc) is 2.99. The molecule has 0 aliphatic carbocycles. The molecule has 0 spiro atoms. The van der Waals surface area contributed by atoms with Gasteiger partial charge in [-0.3, -0.25) is 4.79 Å². The normalized spacial score (nSPS) is 11.7. The van der Waals surface area contributed by atoms with E-state index in [1.165, 1.54) is 12.1 Å². The first kappa shape index (κ1) is 22.1. The Morgan fingerprint density at radius 2 is 1.81 bits per heavy atom. The summed E-state index contributed by atoms with van der Waals surface area (Å²) in [5, 5.41) is 6.65. The van der Waals surface area contributed by atoms with Crippen LogP contribution in [0.2, 0.25) is 0 Å². The molecule has 1 aromatic heterocycles. The van der Waals surface area contributed by atoms with Crippen molar-refractivity contribution >= 4 is 17.8 Å². The van der Waals surface area contributed by atoms with E-state index in [4.69, 9.17) is 0 Å². The summed E-state index contributed by atoms with van der Waals surface area (Å²) >= 11 is 0. The fourth-order valence-corrected chi connectivity index (χ4v) is 3.28. The second-order valence-electron chi connectivity index (χ2n) is 7.23. The van der Waals surface area contributed by atoms with Crippen LogP contribution in [0.1, 0.15) is 28.1 Å². The fraction of sp³-hybridized carbons (Fsp3) is 0.217. The van der Waals surface area contributed by atoms with E-state index in [2.05, 4.69) is 26.5 Å². The fourth-order valence-electron chi connectivity index (χ4n) is 3.28. The van der Waals surface area contributed by atoms with Crippen LogP contribution in [0.5, 0.6) is 0 Å². The minimum atomic E-state index is -4.44. The van der Waals surface area contributed by atoms with Gasteiger partial charge in [-0.1, -0.05) is 18.2 Å². The first-order valence-corrected chi connectivity index (χ1v) is 9.64. The van der Waals surface area contributed by atoms with Gasteiger partial charge in [0.2, 0.25) is 0 Å².